The number of rotatable bonds is 3. The van der Waals surface area contributed by atoms with E-state index in [-0.39, 0.29) is 36.4 Å². The van der Waals surface area contributed by atoms with Crippen molar-refractivity contribution in [1.29, 1.82) is 0 Å². The molecule has 2 heterocycles. The van der Waals surface area contributed by atoms with Crippen molar-refractivity contribution in [2.75, 3.05) is 18.1 Å². The number of thiazole rings is 1. The van der Waals surface area contributed by atoms with E-state index in [0.29, 0.717) is 5.88 Å². The summed E-state index contributed by atoms with van der Waals surface area (Å²) in [5.74, 6) is 0.360. The first kappa shape index (κ1) is 14.7. The Kier molecular flexibility index (Phi) is 4.47. The highest BCUT2D eigenvalue weighted by atomic mass is 35.5. The molecule has 106 valence electrons. The third kappa shape index (κ3) is 3.67. The zero-order chi connectivity index (χ0) is 14.0. The van der Waals surface area contributed by atoms with Crippen molar-refractivity contribution in [3.63, 3.8) is 0 Å². The smallest absolute Gasteiger partial charge is 0.229 e. The number of carbonyl (C=O) groups excluding carboxylic acids is 1. The van der Waals surface area contributed by atoms with Gasteiger partial charge in [0.15, 0.2) is 9.84 Å². The molecule has 0 saturated carbocycles. The fourth-order valence-corrected chi connectivity index (χ4v) is 4.66. The van der Waals surface area contributed by atoms with Crippen molar-refractivity contribution in [3.8, 4) is 0 Å². The van der Waals surface area contributed by atoms with E-state index in [2.05, 4.69) is 4.98 Å². The summed E-state index contributed by atoms with van der Waals surface area (Å²) in [5.41, 5.74) is 0.767. The second-order valence-corrected chi connectivity index (χ2v) is 8.03. The number of sulfone groups is 1. The Bertz CT molecular complexity index is 570. The van der Waals surface area contributed by atoms with Crippen LogP contribution in [0.25, 0.3) is 0 Å². The molecule has 0 N–H and O–H groups in total. The molecule has 1 aromatic heterocycles. The molecule has 1 aliphatic heterocycles. The number of amides is 1. The Morgan fingerprint density at radius 3 is 2.95 bits per heavy atom. The van der Waals surface area contributed by atoms with Gasteiger partial charge in [0.1, 0.15) is 5.01 Å². The lowest BCUT2D eigenvalue weighted by Gasteiger charge is -2.33. The summed E-state index contributed by atoms with van der Waals surface area (Å²) >= 11 is 7.07. The van der Waals surface area contributed by atoms with Gasteiger partial charge in [0.05, 0.1) is 29.5 Å². The summed E-state index contributed by atoms with van der Waals surface area (Å²) in [5, 5.41) is 2.56. The van der Waals surface area contributed by atoms with E-state index < -0.39 is 9.84 Å². The molecule has 0 aromatic carbocycles. The molecule has 1 amide bonds. The maximum Gasteiger partial charge on any atom is 0.229 e. The third-order valence-corrected chi connectivity index (χ3v) is 6.00. The number of hydrogen-bond donors (Lipinski definition) is 0. The molecule has 0 radical (unpaired) electrons. The number of alkyl halides is 1. The molecule has 19 heavy (non-hydrogen) atoms. The molecule has 1 aliphatic rings. The zero-order valence-corrected chi connectivity index (χ0v) is 12.9. The molecule has 0 spiro atoms. The van der Waals surface area contributed by atoms with Crippen LogP contribution in [0.5, 0.6) is 0 Å². The lowest BCUT2D eigenvalue weighted by atomic mass is 10.2. The molecule has 0 aliphatic carbocycles. The van der Waals surface area contributed by atoms with Gasteiger partial charge in [-0.05, 0) is 6.92 Å². The van der Waals surface area contributed by atoms with Crippen LogP contribution in [0, 0.1) is 0 Å². The van der Waals surface area contributed by atoms with E-state index in [0.717, 1.165) is 10.7 Å². The fourth-order valence-electron chi connectivity index (χ4n) is 2.09. The average Bonchev–Trinajstić information content (AvgIpc) is 2.75. The number of aromatic nitrogens is 1. The van der Waals surface area contributed by atoms with Gasteiger partial charge in [-0.25, -0.2) is 13.4 Å². The monoisotopic (exact) mass is 322 g/mol. The molecular weight excluding hydrogens is 308 g/mol. The highest BCUT2D eigenvalue weighted by Gasteiger charge is 2.31. The van der Waals surface area contributed by atoms with Crippen LogP contribution >= 0.6 is 22.9 Å². The van der Waals surface area contributed by atoms with Gasteiger partial charge in [0.25, 0.3) is 0 Å². The van der Waals surface area contributed by atoms with E-state index in [1.165, 1.54) is 11.3 Å². The first-order valence-corrected chi connectivity index (χ1v) is 9.14. The predicted octanol–water partition coefficient (Wildman–Crippen LogP) is 1.07. The molecular formula is C11H15ClN2O3S2. The van der Waals surface area contributed by atoms with Crippen LogP contribution in [0.2, 0.25) is 0 Å². The van der Waals surface area contributed by atoms with Crippen LogP contribution in [0.4, 0.5) is 0 Å². The number of halogens is 1. The Labute approximate surface area is 121 Å². The Morgan fingerprint density at radius 2 is 2.37 bits per heavy atom. The van der Waals surface area contributed by atoms with E-state index >= 15 is 0 Å². The molecule has 0 bridgehead atoms. The first-order chi connectivity index (χ1) is 8.91. The van der Waals surface area contributed by atoms with Gasteiger partial charge in [-0.1, -0.05) is 0 Å². The minimum Gasteiger partial charge on any atom is -0.338 e. The zero-order valence-electron chi connectivity index (χ0n) is 10.5. The molecule has 1 unspecified atom stereocenters. The van der Waals surface area contributed by atoms with Crippen molar-refractivity contribution < 1.29 is 13.2 Å². The summed E-state index contributed by atoms with van der Waals surface area (Å²) in [6, 6.07) is -0.265. The predicted molar refractivity (Wildman–Crippen MR) is 75.2 cm³/mol. The normalized spacial score (nSPS) is 22.4. The molecule has 2 rings (SSSR count). The van der Waals surface area contributed by atoms with Gasteiger partial charge >= 0.3 is 0 Å². The quantitative estimate of drug-likeness (QED) is 0.781. The summed E-state index contributed by atoms with van der Waals surface area (Å²) in [6.07, 6.45) is 0.214. The van der Waals surface area contributed by atoms with Crippen molar-refractivity contribution in [2.45, 2.75) is 25.3 Å². The molecule has 1 aromatic rings. The van der Waals surface area contributed by atoms with Gasteiger partial charge in [-0.15, -0.1) is 22.9 Å². The van der Waals surface area contributed by atoms with Crippen molar-refractivity contribution in [2.24, 2.45) is 0 Å². The Morgan fingerprint density at radius 1 is 1.63 bits per heavy atom. The summed E-state index contributed by atoms with van der Waals surface area (Å²) < 4.78 is 22.9. The second kappa shape index (κ2) is 5.76. The SMILES string of the molecule is CC1CS(=O)(=O)CCN1C(=O)Cc1nc(CCl)cs1. The summed E-state index contributed by atoms with van der Waals surface area (Å²) in [4.78, 5) is 18.0. The minimum atomic E-state index is -3.00. The molecule has 5 nitrogen and oxygen atoms in total. The number of hydrogen-bond acceptors (Lipinski definition) is 5. The minimum absolute atomic E-state index is 0.0452. The van der Waals surface area contributed by atoms with Gasteiger partial charge < -0.3 is 4.90 Å². The maximum atomic E-state index is 12.2. The second-order valence-electron chi connectivity index (χ2n) is 4.59. The van der Waals surface area contributed by atoms with Gasteiger partial charge in [-0.2, -0.15) is 0 Å². The average molecular weight is 323 g/mol. The van der Waals surface area contributed by atoms with Crippen LogP contribution in [0.3, 0.4) is 0 Å². The first-order valence-electron chi connectivity index (χ1n) is 5.90. The standard InChI is InChI=1S/C11H15ClN2O3S2/c1-8-7-19(16,17)3-2-14(8)11(15)4-10-13-9(5-12)6-18-10/h6,8H,2-5,7H2,1H3. The van der Waals surface area contributed by atoms with Gasteiger partial charge in [-0.3, -0.25) is 4.79 Å². The van der Waals surface area contributed by atoms with Crippen LogP contribution in [-0.2, 0) is 26.9 Å². The lowest BCUT2D eigenvalue weighted by molar-refractivity contribution is -0.131. The Hall–Kier alpha value is -0.660. The highest BCUT2D eigenvalue weighted by Crippen LogP contribution is 2.16. The van der Waals surface area contributed by atoms with Gasteiger partial charge in [0, 0.05) is 18.0 Å². The van der Waals surface area contributed by atoms with E-state index in [1.54, 1.807) is 11.8 Å². The van der Waals surface area contributed by atoms with E-state index in [1.807, 2.05) is 5.38 Å². The van der Waals surface area contributed by atoms with Crippen molar-refractivity contribution in [1.82, 2.24) is 9.88 Å². The van der Waals surface area contributed by atoms with Crippen LogP contribution in [0.15, 0.2) is 5.38 Å². The molecule has 1 fully saturated rings. The summed E-state index contributed by atoms with van der Waals surface area (Å²) in [7, 11) is -3.00. The summed E-state index contributed by atoms with van der Waals surface area (Å²) in [6.45, 7) is 2.04. The topological polar surface area (TPSA) is 67.3 Å². The van der Waals surface area contributed by atoms with Crippen LogP contribution in [-0.4, -0.2) is 48.3 Å². The van der Waals surface area contributed by atoms with Crippen molar-refractivity contribution in [3.05, 3.63) is 16.1 Å². The van der Waals surface area contributed by atoms with E-state index in [4.69, 9.17) is 11.6 Å². The molecule has 8 heteroatoms. The Balaban J connectivity index is 2.00. The van der Waals surface area contributed by atoms with Crippen LogP contribution in [0.1, 0.15) is 17.6 Å². The third-order valence-electron chi connectivity index (χ3n) is 3.03. The number of nitrogens with zero attached hydrogens (tertiary/aromatic N) is 2. The largest absolute Gasteiger partial charge is 0.338 e. The van der Waals surface area contributed by atoms with E-state index in [9.17, 15) is 13.2 Å². The van der Waals surface area contributed by atoms with Crippen molar-refractivity contribution >= 4 is 38.7 Å². The number of carbonyl (C=O) groups is 1. The fraction of sp³-hybridized carbons (Fsp3) is 0.636. The van der Waals surface area contributed by atoms with Crippen LogP contribution < -0.4 is 0 Å². The lowest BCUT2D eigenvalue weighted by Crippen LogP contribution is -2.50. The van der Waals surface area contributed by atoms with Gasteiger partial charge in [0.2, 0.25) is 5.91 Å². The highest BCUT2D eigenvalue weighted by molar-refractivity contribution is 7.91. The maximum absolute atomic E-state index is 12.2. The molecule has 1 saturated heterocycles. The molecule has 1 atom stereocenters.